The highest BCUT2D eigenvalue weighted by Crippen LogP contribution is 2.28. The van der Waals surface area contributed by atoms with Crippen LogP contribution < -0.4 is 10.1 Å². The lowest BCUT2D eigenvalue weighted by molar-refractivity contribution is -0.384. The van der Waals surface area contributed by atoms with E-state index >= 15 is 0 Å². The molecule has 1 aromatic heterocycles. The van der Waals surface area contributed by atoms with Crippen LogP contribution in [0.3, 0.4) is 0 Å². The summed E-state index contributed by atoms with van der Waals surface area (Å²) in [6.07, 6.45) is 1.27. The van der Waals surface area contributed by atoms with Gasteiger partial charge in [-0.2, -0.15) is 5.10 Å². The number of hydrogen-bond acceptors (Lipinski definition) is 5. The van der Waals surface area contributed by atoms with Gasteiger partial charge < -0.3 is 10.1 Å². The Bertz CT molecular complexity index is 667. The summed E-state index contributed by atoms with van der Waals surface area (Å²) in [5.74, 6) is 1.25. The first-order chi connectivity index (χ1) is 10.6. The topological polar surface area (TPSA) is 82.2 Å². The van der Waals surface area contributed by atoms with E-state index in [1.807, 2.05) is 31.2 Å². The van der Waals surface area contributed by atoms with Gasteiger partial charge in [0.05, 0.1) is 12.0 Å². The fourth-order valence-corrected chi connectivity index (χ4v) is 2.35. The van der Waals surface area contributed by atoms with E-state index in [1.54, 1.807) is 14.2 Å². The van der Waals surface area contributed by atoms with E-state index in [0.717, 1.165) is 17.7 Å². The van der Waals surface area contributed by atoms with Gasteiger partial charge in [-0.05, 0) is 30.5 Å². The Hall–Kier alpha value is -2.57. The number of aromatic nitrogens is 2. The molecule has 1 aromatic carbocycles. The van der Waals surface area contributed by atoms with Crippen molar-refractivity contribution < 1.29 is 9.66 Å². The van der Waals surface area contributed by atoms with Crippen molar-refractivity contribution in [3.05, 3.63) is 45.6 Å². The second-order valence-corrected chi connectivity index (χ2v) is 4.91. The summed E-state index contributed by atoms with van der Waals surface area (Å²) < 4.78 is 6.71. The Kier molecular flexibility index (Phi) is 4.98. The SMILES string of the molecule is CCc1nn(C)c(NCCc2cccc(OC)c2)c1[N+](=O)[O-]. The van der Waals surface area contributed by atoms with Crippen LogP contribution in [-0.2, 0) is 19.9 Å². The predicted octanol–water partition coefficient (Wildman–Crippen LogP) is 2.55. The average molecular weight is 304 g/mol. The molecule has 0 bridgehead atoms. The van der Waals surface area contributed by atoms with Gasteiger partial charge in [-0.3, -0.25) is 10.1 Å². The van der Waals surface area contributed by atoms with Crippen molar-refractivity contribution in [1.82, 2.24) is 9.78 Å². The smallest absolute Gasteiger partial charge is 0.333 e. The maximum atomic E-state index is 11.2. The molecule has 0 aliphatic rings. The van der Waals surface area contributed by atoms with E-state index in [9.17, 15) is 10.1 Å². The lowest BCUT2D eigenvalue weighted by Gasteiger charge is -2.07. The monoisotopic (exact) mass is 304 g/mol. The van der Waals surface area contributed by atoms with Crippen molar-refractivity contribution in [1.29, 1.82) is 0 Å². The number of benzene rings is 1. The maximum Gasteiger partial charge on any atom is 0.333 e. The average Bonchev–Trinajstić information content (AvgIpc) is 2.84. The minimum absolute atomic E-state index is 0.0654. The van der Waals surface area contributed by atoms with Crippen LogP contribution in [0.2, 0.25) is 0 Å². The Balaban J connectivity index is 2.08. The highest BCUT2D eigenvalue weighted by Gasteiger charge is 2.25. The third kappa shape index (κ3) is 3.36. The van der Waals surface area contributed by atoms with Crippen molar-refractivity contribution in [2.45, 2.75) is 19.8 Å². The van der Waals surface area contributed by atoms with Crippen molar-refractivity contribution in [3.8, 4) is 5.75 Å². The van der Waals surface area contributed by atoms with Gasteiger partial charge in [-0.15, -0.1) is 0 Å². The van der Waals surface area contributed by atoms with Gasteiger partial charge in [0.2, 0.25) is 5.82 Å². The van der Waals surface area contributed by atoms with Crippen LogP contribution in [0.5, 0.6) is 5.75 Å². The zero-order chi connectivity index (χ0) is 16.1. The molecule has 0 aliphatic carbocycles. The van der Waals surface area contributed by atoms with Gasteiger partial charge in [0.1, 0.15) is 11.4 Å². The number of hydrogen-bond donors (Lipinski definition) is 1. The molecule has 2 aromatic rings. The molecule has 1 N–H and O–H groups in total. The molecule has 0 radical (unpaired) electrons. The Morgan fingerprint density at radius 3 is 2.86 bits per heavy atom. The molecule has 0 atom stereocenters. The van der Waals surface area contributed by atoms with Crippen molar-refractivity contribution in [3.63, 3.8) is 0 Å². The van der Waals surface area contributed by atoms with Crippen LogP contribution in [-0.4, -0.2) is 28.4 Å². The van der Waals surface area contributed by atoms with Crippen molar-refractivity contribution in [2.24, 2.45) is 7.05 Å². The van der Waals surface area contributed by atoms with E-state index in [4.69, 9.17) is 4.74 Å². The molecule has 0 aliphatic heterocycles. The summed E-state index contributed by atoms with van der Waals surface area (Å²) in [4.78, 5) is 10.9. The van der Waals surface area contributed by atoms with Crippen LogP contribution >= 0.6 is 0 Å². The van der Waals surface area contributed by atoms with E-state index in [-0.39, 0.29) is 10.6 Å². The van der Waals surface area contributed by atoms with Crippen LogP contribution in [0.25, 0.3) is 0 Å². The van der Waals surface area contributed by atoms with Gasteiger partial charge in [-0.1, -0.05) is 19.1 Å². The zero-order valence-corrected chi connectivity index (χ0v) is 13.0. The third-order valence-electron chi connectivity index (χ3n) is 3.45. The van der Waals surface area contributed by atoms with Crippen LogP contribution in [0.4, 0.5) is 11.5 Å². The molecular formula is C15H20N4O3. The number of ether oxygens (including phenoxy) is 1. The minimum Gasteiger partial charge on any atom is -0.497 e. The first-order valence-electron chi connectivity index (χ1n) is 7.13. The second kappa shape index (κ2) is 6.93. The zero-order valence-electron chi connectivity index (χ0n) is 13.0. The molecule has 0 spiro atoms. The number of methoxy groups -OCH3 is 1. The second-order valence-electron chi connectivity index (χ2n) is 4.91. The lowest BCUT2D eigenvalue weighted by atomic mass is 10.1. The van der Waals surface area contributed by atoms with Gasteiger partial charge in [0.15, 0.2) is 0 Å². The maximum absolute atomic E-state index is 11.2. The largest absolute Gasteiger partial charge is 0.497 e. The Labute approximate surface area is 129 Å². The Morgan fingerprint density at radius 1 is 1.45 bits per heavy atom. The third-order valence-corrected chi connectivity index (χ3v) is 3.45. The lowest BCUT2D eigenvalue weighted by Crippen LogP contribution is -2.10. The standard InChI is InChI=1S/C15H20N4O3/c1-4-13-14(19(20)21)15(18(2)17-13)16-9-8-11-6-5-7-12(10-11)22-3/h5-7,10,16H,4,8-9H2,1-3H3. The van der Waals surface area contributed by atoms with Gasteiger partial charge in [-0.25, -0.2) is 4.68 Å². The normalized spacial score (nSPS) is 10.5. The number of anilines is 1. The van der Waals surface area contributed by atoms with Crippen molar-refractivity contribution in [2.75, 3.05) is 19.0 Å². The fourth-order valence-electron chi connectivity index (χ4n) is 2.35. The summed E-state index contributed by atoms with van der Waals surface area (Å²) in [7, 11) is 3.34. The summed E-state index contributed by atoms with van der Waals surface area (Å²) in [6, 6.07) is 7.77. The first-order valence-corrected chi connectivity index (χ1v) is 7.13. The molecule has 118 valence electrons. The highest BCUT2D eigenvalue weighted by molar-refractivity contribution is 5.59. The number of nitrogens with zero attached hydrogens (tertiary/aromatic N) is 3. The van der Waals surface area contributed by atoms with Crippen LogP contribution in [0, 0.1) is 10.1 Å². The molecule has 7 nitrogen and oxygen atoms in total. The van der Waals surface area contributed by atoms with E-state index in [1.165, 1.54) is 4.68 Å². The van der Waals surface area contributed by atoms with Crippen LogP contribution in [0.15, 0.2) is 24.3 Å². The van der Waals surface area contributed by atoms with Gasteiger partial charge in [0.25, 0.3) is 0 Å². The molecule has 0 saturated heterocycles. The number of aryl methyl sites for hydroxylation is 2. The first kappa shape index (κ1) is 15.8. The molecule has 2 rings (SSSR count). The van der Waals surface area contributed by atoms with Crippen molar-refractivity contribution >= 4 is 11.5 Å². The van der Waals surface area contributed by atoms with Gasteiger partial charge >= 0.3 is 5.69 Å². The fraction of sp³-hybridized carbons (Fsp3) is 0.400. The summed E-state index contributed by atoms with van der Waals surface area (Å²) in [5, 5.41) is 18.5. The summed E-state index contributed by atoms with van der Waals surface area (Å²) in [5.41, 5.74) is 1.67. The predicted molar refractivity (Wildman–Crippen MR) is 84.4 cm³/mol. The van der Waals surface area contributed by atoms with E-state index in [0.29, 0.717) is 24.5 Å². The van der Waals surface area contributed by atoms with Crippen LogP contribution in [0.1, 0.15) is 18.2 Å². The molecule has 22 heavy (non-hydrogen) atoms. The number of rotatable bonds is 7. The molecule has 0 amide bonds. The molecule has 1 heterocycles. The number of nitro groups is 1. The minimum atomic E-state index is -0.375. The molecule has 0 fully saturated rings. The Morgan fingerprint density at radius 2 is 2.23 bits per heavy atom. The summed E-state index contributed by atoms with van der Waals surface area (Å²) >= 11 is 0. The number of nitrogens with one attached hydrogen (secondary N) is 1. The summed E-state index contributed by atoms with van der Waals surface area (Å²) in [6.45, 7) is 2.44. The quantitative estimate of drug-likeness (QED) is 0.628. The van der Waals surface area contributed by atoms with Gasteiger partial charge in [0, 0.05) is 13.6 Å². The highest BCUT2D eigenvalue weighted by atomic mass is 16.6. The molecular weight excluding hydrogens is 284 g/mol. The van der Waals surface area contributed by atoms with E-state index in [2.05, 4.69) is 10.4 Å². The molecule has 0 unspecified atom stereocenters. The molecule has 7 heteroatoms. The molecule has 0 saturated carbocycles. The van der Waals surface area contributed by atoms with E-state index < -0.39 is 0 Å².